The summed E-state index contributed by atoms with van der Waals surface area (Å²) in [5.41, 5.74) is 1.74. The van der Waals surface area contributed by atoms with Crippen LogP contribution in [0.4, 0.5) is 0 Å². The van der Waals surface area contributed by atoms with Gasteiger partial charge in [0.05, 0.1) is 18.8 Å². The van der Waals surface area contributed by atoms with E-state index in [-0.39, 0.29) is 11.9 Å². The molecule has 0 bridgehead atoms. The lowest BCUT2D eigenvalue weighted by atomic mass is 10.2. The van der Waals surface area contributed by atoms with Crippen molar-refractivity contribution in [3.63, 3.8) is 0 Å². The monoisotopic (exact) mass is 346 g/mol. The highest BCUT2D eigenvalue weighted by atomic mass is 35.5. The van der Waals surface area contributed by atoms with Crippen molar-refractivity contribution in [3.8, 4) is 0 Å². The highest BCUT2D eigenvalue weighted by Crippen LogP contribution is 2.21. The zero-order chi connectivity index (χ0) is 16.9. The number of carbonyl (C=O) groups excluding carboxylic acids is 1. The third-order valence-electron chi connectivity index (χ3n) is 3.99. The molecule has 1 amide bonds. The maximum absolute atomic E-state index is 12.3. The van der Waals surface area contributed by atoms with Gasteiger partial charge in [0.1, 0.15) is 5.69 Å². The number of amides is 1. The number of aromatic nitrogens is 3. The second-order valence-electron chi connectivity index (χ2n) is 5.73. The predicted octanol–water partition coefficient (Wildman–Crippen LogP) is 2.56. The van der Waals surface area contributed by atoms with E-state index in [0.717, 1.165) is 17.7 Å². The third kappa shape index (κ3) is 4.01. The molecule has 6 nitrogen and oxygen atoms in total. The Hall–Kier alpha value is -2.18. The third-order valence-corrected chi connectivity index (χ3v) is 4.24. The molecular formula is C17H19ClN4O2. The summed E-state index contributed by atoms with van der Waals surface area (Å²) in [6, 6.07) is 7.54. The van der Waals surface area contributed by atoms with Crippen molar-refractivity contribution in [3.05, 3.63) is 52.8 Å². The van der Waals surface area contributed by atoms with E-state index in [2.05, 4.69) is 10.3 Å². The topological polar surface area (TPSA) is 60.2 Å². The zero-order valence-corrected chi connectivity index (χ0v) is 14.2. The molecule has 1 atom stereocenters. The van der Waals surface area contributed by atoms with Gasteiger partial charge in [0.2, 0.25) is 5.91 Å². The van der Waals surface area contributed by atoms with Gasteiger partial charge in [-0.1, -0.05) is 28.9 Å². The largest absolute Gasteiger partial charge is 0.378 e. The van der Waals surface area contributed by atoms with Crippen LogP contribution >= 0.6 is 11.6 Å². The summed E-state index contributed by atoms with van der Waals surface area (Å²) in [4.78, 5) is 14.1. The number of halogens is 1. The van der Waals surface area contributed by atoms with Crippen LogP contribution in [0.5, 0.6) is 0 Å². The Balaban J connectivity index is 1.58. The SMILES string of the molecule is COCc1cn(C2CCN(C(=O)C=Cc3ccc(Cl)cc3)C2)nn1. The molecule has 0 saturated carbocycles. The molecule has 0 N–H and O–H groups in total. The lowest BCUT2D eigenvalue weighted by molar-refractivity contribution is -0.125. The van der Waals surface area contributed by atoms with E-state index in [4.69, 9.17) is 16.3 Å². The van der Waals surface area contributed by atoms with Crippen molar-refractivity contribution in [2.75, 3.05) is 20.2 Å². The molecule has 24 heavy (non-hydrogen) atoms. The van der Waals surface area contributed by atoms with E-state index in [1.807, 2.05) is 27.9 Å². The number of nitrogens with zero attached hydrogens (tertiary/aromatic N) is 4. The second-order valence-corrected chi connectivity index (χ2v) is 6.17. The number of ether oxygens (including phenoxy) is 1. The molecule has 1 aliphatic heterocycles. The van der Waals surface area contributed by atoms with E-state index in [0.29, 0.717) is 24.7 Å². The number of carbonyl (C=O) groups is 1. The van der Waals surface area contributed by atoms with Gasteiger partial charge in [-0.3, -0.25) is 4.79 Å². The van der Waals surface area contributed by atoms with Crippen molar-refractivity contribution in [2.45, 2.75) is 19.1 Å². The van der Waals surface area contributed by atoms with Crippen LogP contribution in [0, 0.1) is 0 Å². The Bertz CT molecular complexity index is 726. The summed E-state index contributed by atoms with van der Waals surface area (Å²) in [6.07, 6.45) is 6.16. The molecule has 3 rings (SSSR count). The van der Waals surface area contributed by atoms with Gasteiger partial charge >= 0.3 is 0 Å². The number of hydrogen-bond donors (Lipinski definition) is 0. The number of benzene rings is 1. The first-order chi connectivity index (χ1) is 11.7. The first kappa shape index (κ1) is 16.7. The van der Waals surface area contributed by atoms with E-state index in [9.17, 15) is 4.79 Å². The van der Waals surface area contributed by atoms with E-state index < -0.39 is 0 Å². The quantitative estimate of drug-likeness (QED) is 0.781. The average Bonchev–Trinajstić information content (AvgIpc) is 3.23. The van der Waals surface area contributed by atoms with E-state index in [1.165, 1.54) is 0 Å². The fourth-order valence-electron chi connectivity index (χ4n) is 2.71. The molecule has 2 aromatic rings. The first-order valence-electron chi connectivity index (χ1n) is 7.78. The van der Waals surface area contributed by atoms with E-state index >= 15 is 0 Å². The van der Waals surface area contributed by atoms with Crippen molar-refractivity contribution >= 4 is 23.6 Å². The van der Waals surface area contributed by atoms with Gasteiger partial charge in [0, 0.05) is 31.3 Å². The van der Waals surface area contributed by atoms with Crippen molar-refractivity contribution in [2.24, 2.45) is 0 Å². The van der Waals surface area contributed by atoms with Gasteiger partial charge in [-0.15, -0.1) is 5.10 Å². The van der Waals surface area contributed by atoms with Crippen LogP contribution in [0.3, 0.4) is 0 Å². The zero-order valence-electron chi connectivity index (χ0n) is 13.4. The highest BCUT2D eigenvalue weighted by molar-refractivity contribution is 6.30. The molecule has 1 fully saturated rings. The fourth-order valence-corrected chi connectivity index (χ4v) is 2.84. The minimum atomic E-state index is 0.00433. The highest BCUT2D eigenvalue weighted by Gasteiger charge is 2.27. The Morgan fingerprint density at radius 3 is 2.96 bits per heavy atom. The van der Waals surface area contributed by atoms with Crippen LogP contribution in [0.25, 0.3) is 6.08 Å². The van der Waals surface area contributed by atoms with Crippen LogP contribution < -0.4 is 0 Å². The standard InChI is InChI=1S/C17H19ClN4O2/c1-24-12-15-10-22(20-19-15)16-8-9-21(11-16)17(23)7-4-13-2-5-14(18)6-3-13/h2-7,10,16H,8-9,11-12H2,1H3. The lowest BCUT2D eigenvalue weighted by Gasteiger charge is -2.14. The van der Waals surface area contributed by atoms with Gasteiger partial charge in [0.15, 0.2) is 0 Å². The Labute approximate surface area is 145 Å². The summed E-state index contributed by atoms with van der Waals surface area (Å²) in [6.45, 7) is 1.80. The number of methoxy groups -OCH3 is 1. The summed E-state index contributed by atoms with van der Waals surface area (Å²) >= 11 is 5.85. The molecule has 126 valence electrons. The van der Waals surface area contributed by atoms with Gasteiger partial charge in [-0.25, -0.2) is 4.68 Å². The van der Waals surface area contributed by atoms with Crippen molar-refractivity contribution < 1.29 is 9.53 Å². The van der Waals surface area contributed by atoms with Crippen LogP contribution in [-0.2, 0) is 16.1 Å². The molecule has 0 spiro atoms. The van der Waals surface area contributed by atoms with Crippen molar-refractivity contribution in [1.29, 1.82) is 0 Å². The predicted molar refractivity (Wildman–Crippen MR) is 91.5 cm³/mol. The van der Waals surface area contributed by atoms with Gasteiger partial charge < -0.3 is 9.64 Å². The smallest absolute Gasteiger partial charge is 0.246 e. The van der Waals surface area contributed by atoms with Crippen LogP contribution in [0.2, 0.25) is 5.02 Å². The molecule has 0 aliphatic carbocycles. The van der Waals surface area contributed by atoms with Crippen LogP contribution in [-0.4, -0.2) is 46.0 Å². The minimum absolute atomic E-state index is 0.00433. The molecule has 2 heterocycles. The van der Waals surface area contributed by atoms with Crippen molar-refractivity contribution in [1.82, 2.24) is 19.9 Å². The van der Waals surface area contributed by atoms with Gasteiger partial charge in [-0.05, 0) is 30.2 Å². The molecule has 1 aromatic carbocycles. The Kier molecular flexibility index (Phi) is 5.27. The summed E-state index contributed by atoms with van der Waals surface area (Å²) in [5.74, 6) is 0.00433. The average molecular weight is 347 g/mol. The van der Waals surface area contributed by atoms with Gasteiger partial charge in [0.25, 0.3) is 0 Å². The number of hydrogen-bond acceptors (Lipinski definition) is 4. The maximum Gasteiger partial charge on any atom is 0.246 e. The molecule has 7 heteroatoms. The molecular weight excluding hydrogens is 328 g/mol. The van der Waals surface area contributed by atoms with E-state index in [1.54, 1.807) is 31.4 Å². The maximum atomic E-state index is 12.3. The van der Waals surface area contributed by atoms with Crippen LogP contribution in [0.15, 0.2) is 36.5 Å². The fraction of sp³-hybridized carbons (Fsp3) is 0.353. The molecule has 1 aliphatic rings. The number of rotatable bonds is 5. The normalized spacial score (nSPS) is 17.8. The summed E-state index contributed by atoms with van der Waals surface area (Å²) in [7, 11) is 1.63. The summed E-state index contributed by atoms with van der Waals surface area (Å²) < 4.78 is 6.87. The second kappa shape index (κ2) is 7.59. The molecule has 1 aromatic heterocycles. The lowest BCUT2D eigenvalue weighted by Crippen LogP contribution is -2.27. The first-order valence-corrected chi connectivity index (χ1v) is 8.15. The minimum Gasteiger partial charge on any atom is -0.378 e. The Morgan fingerprint density at radius 2 is 2.21 bits per heavy atom. The molecule has 1 saturated heterocycles. The van der Waals surface area contributed by atoms with Crippen LogP contribution in [0.1, 0.15) is 23.7 Å². The van der Waals surface area contributed by atoms with Gasteiger partial charge in [-0.2, -0.15) is 0 Å². The molecule has 0 radical (unpaired) electrons. The summed E-state index contributed by atoms with van der Waals surface area (Å²) in [5, 5.41) is 8.88. The number of likely N-dealkylation sites (tertiary alicyclic amines) is 1. The molecule has 1 unspecified atom stereocenters. The Morgan fingerprint density at radius 1 is 1.42 bits per heavy atom.